The van der Waals surface area contributed by atoms with Crippen LogP contribution in [0, 0.1) is 0 Å². The predicted octanol–water partition coefficient (Wildman–Crippen LogP) is 0.806. The van der Waals surface area contributed by atoms with Crippen molar-refractivity contribution in [2.24, 2.45) is 0 Å². The van der Waals surface area contributed by atoms with E-state index < -0.39 is 0 Å². The van der Waals surface area contributed by atoms with E-state index in [1.807, 2.05) is 0 Å². The molecule has 0 spiro atoms. The van der Waals surface area contributed by atoms with Gasteiger partial charge in [0.15, 0.2) is 0 Å². The second-order valence-corrected chi connectivity index (χ2v) is 1.67. The molecule has 0 unspecified atom stereocenters. The quantitative estimate of drug-likeness (QED) is 0.423. The molecule has 1 aliphatic rings. The topological polar surface area (TPSA) is 9.23 Å². The Hall–Kier alpha value is 0.177. The van der Waals surface area contributed by atoms with Crippen LogP contribution < -0.4 is 0 Å². The number of rotatable bonds is 0. The van der Waals surface area contributed by atoms with Crippen LogP contribution in [0.1, 0.15) is 19.3 Å². The molecule has 40 valence electrons. The first-order valence-corrected chi connectivity index (χ1v) is 2.58. The van der Waals surface area contributed by atoms with Crippen LogP contribution in [-0.2, 0) is 4.74 Å². The Morgan fingerprint density at radius 3 is 1.57 bits per heavy atom. The lowest BCUT2D eigenvalue weighted by molar-refractivity contribution is 0.0968. The standard InChI is InChI=1S/C5H10O.Si/c1-2-4-6-5-3-1;/h1-5H2;. The second-order valence-electron chi connectivity index (χ2n) is 1.67. The van der Waals surface area contributed by atoms with E-state index in [4.69, 9.17) is 4.74 Å². The van der Waals surface area contributed by atoms with Crippen molar-refractivity contribution in [1.82, 2.24) is 0 Å². The molecule has 0 aromatic carbocycles. The molecule has 2 heteroatoms. The summed E-state index contributed by atoms with van der Waals surface area (Å²) >= 11 is 0. The van der Waals surface area contributed by atoms with Gasteiger partial charge in [0.1, 0.15) is 0 Å². The number of hydrogen-bond acceptors (Lipinski definition) is 1. The highest BCUT2D eigenvalue weighted by atomic mass is 28.1. The minimum atomic E-state index is 0. The van der Waals surface area contributed by atoms with Crippen LogP contribution >= 0.6 is 0 Å². The molecule has 0 aliphatic carbocycles. The third kappa shape index (κ3) is 2.82. The summed E-state index contributed by atoms with van der Waals surface area (Å²) in [5, 5.41) is 0. The van der Waals surface area contributed by atoms with Gasteiger partial charge in [0, 0.05) is 24.2 Å². The zero-order valence-corrected chi connectivity index (χ0v) is 5.44. The van der Waals surface area contributed by atoms with Crippen molar-refractivity contribution in [3.05, 3.63) is 0 Å². The van der Waals surface area contributed by atoms with E-state index in [-0.39, 0.29) is 11.0 Å². The first kappa shape index (κ1) is 7.18. The van der Waals surface area contributed by atoms with E-state index in [2.05, 4.69) is 0 Å². The van der Waals surface area contributed by atoms with E-state index in [0.29, 0.717) is 0 Å². The van der Waals surface area contributed by atoms with Gasteiger partial charge in [0.25, 0.3) is 0 Å². The average Bonchev–Trinajstić information content (AvgIpc) is 1.72. The Morgan fingerprint density at radius 1 is 0.857 bits per heavy atom. The maximum atomic E-state index is 5.07. The van der Waals surface area contributed by atoms with Crippen molar-refractivity contribution in [2.75, 3.05) is 13.2 Å². The maximum Gasteiger partial charge on any atom is 0.0466 e. The molecule has 0 saturated carbocycles. The highest BCUT2D eigenvalue weighted by Crippen LogP contribution is 2.01. The first-order chi connectivity index (χ1) is 3.00. The molecule has 0 amide bonds. The Kier molecular flexibility index (Phi) is 4.45. The van der Waals surface area contributed by atoms with Crippen molar-refractivity contribution < 1.29 is 4.74 Å². The van der Waals surface area contributed by atoms with Crippen molar-refractivity contribution >= 4 is 11.0 Å². The molecule has 1 fully saturated rings. The van der Waals surface area contributed by atoms with Crippen LogP contribution in [0.3, 0.4) is 0 Å². The monoisotopic (exact) mass is 114 g/mol. The molecule has 1 heterocycles. The van der Waals surface area contributed by atoms with Gasteiger partial charge in [0.05, 0.1) is 0 Å². The minimum Gasteiger partial charge on any atom is -0.381 e. The SMILES string of the molecule is C1CCOCC1.[Si]. The number of hydrogen-bond donors (Lipinski definition) is 0. The van der Waals surface area contributed by atoms with Crippen LogP contribution in [0.4, 0.5) is 0 Å². The lowest BCUT2D eigenvalue weighted by Gasteiger charge is -2.08. The highest BCUT2D eigenvalue weighted by Gasteiger charge is 1.94. The Labute approximate surface area is 49.1 Å². The summed E-state index contributed by atoms with van der Waals surface area (Å²) in [6.07, 6.45) is 3.93. The molecule has 7 heavy (non-hydrogen) atoms. The minimum absolute atomic E-state index is 0. The van der Waals surface area contributed by atoms with Gasteiger partial charge in [0.2, 0.25) is 0 Å². The van der Waals surface area contributed by atoms with E-state index in [1.54, 1.807) is 0 Å². The van der Waals surface area contributed by atoms with Gasteiger partial charge >= 0.3 is 0 Å². The molecule has 1 rings (SSSR count). The fourth-order valence-corrected chi connectivity index (χ4v) is 0.687. The van der Waals surface area contributed by atoms with E-state index in [0.717, 1.165) is 13.2 Å². The van der Waals surface area contributed by atoms with Gasteiger partial charge in [-0.15, -0.1) is 0 Å². The van der Waals surface area contributed by atoms with Crippen LogP contribution in [0.25, 0.3) is 0 Å². The summed E-state index contributed by atoms with van der Waals surface area (Å²) in [6.45, 7) is 2.00. The van der Waals surface area contributed by atoms with Crippen molar-refractivity contribution in [1.29, 1.82) is 0 Å². The van der Waals surface area contributed by atoms with Gasteiger partial charge in [-0.05, 0) is 19.3 Å². The van der Waals surface area contributed by atoms with Crippen LogP contribution in [0.2, 0.25) is 0 Å². The summed E-state index contributed by atoms with van der Waals surface area (Å²) < 4.78 is 5.07. The molecular formula is C5H10OSi. The molecule has 1 aliphatic heterocycles. The Bertz CT molecular complexity index is 23.6. The smallest absolute Gasteiger partial charge is 0.0466 e. The normalized spacial score (nSPS) is 20.6. The van der Waals surface area contributed by atoms with Crippen LogP contribution in [-0.4, -0.2) is 24.2 Å². The Morgan fingerprint density at radius 2 is 1.43 bits per heavy atom. The van der Waals surface area contributed by atoms with E-state index in [9.17, 15) is 0 Å². The molecule has 0 aromatic heterocycles. The zero-order chi connectivity index (χ0) is 4.24. The predicted molar refractivity (Wildman–Crippen MR) is 30.4 cm³/mol. The van der Waals surface area contributed by atoms with Gasteiger partial charge in [-0.1, -0.05) is 0 Å². The molecular weight excluding hydrogens is 104 g/mol. The average molecular weight is 114 g/mol. The van der Waals surface area contributed by atoms with Crippen molar-refractivity contribution in [3.8, 4) is 0 Å². The second kappa shape index (κ2) is 4.34. The van der Waals surface area contributed by atoms with Gasteiger partial charge in [-0.3, -0.25) is 0 Å². The first-order valence-electron chi connectivity index (χ1n) is 2.58. The number of ether oxygens (including phenoxy) is 1. The summed E-state index contributed by atoms with van der Waals surface area (Å²) in [5.41, 5.74) is 0. The maximum absolute atomic E-state index is 5.07. The van der Waals surface area contributed by atoms with Gasteiger partial charge in [-0.25, -0.2) is 0 Å². The summed E-state index contributed by atoms with van der Waals surface area (Å²) in [6, 6.07) is 0. The molecule has 1 saturated heterocycles. The molecule has 0 N–H and O–H groups in total. The molecule has 0 atom stereocenters. The van der Waals surface area contributed by atoms with Gasteiger partial charge in [-0.2, -0.15) is 0 Å². The summed E-state index contributed by atoms with van der Waals surface area (Å²) in [5.74, 6) is 0. The Balaban J connectivity index is 0.000000360. The largest absolute Gasteiger partial charge is 0.381 e. The van der Waals surface area contributed by atoms with Crippen molar-refractivity contribution in [2.45, 2.75) is 19.3 Å². The van der Waals surface area contributed by atoms with Crippen LogP contribution in [0.15, 0.2) is 0 Å². The molecule has 0 bridgehead atoms. The highest BCUT2D eigenvalue weighted by molar-refractivity contribution is 5.75. The van der Waals surface area contributed by atoms with Crippen molar-refractivity contribution in [3.63, 3.8) is 0 Å². The van der Waals surface area contributed by atoms with Gasteiger partial charge < -0.3 is 4.74 Å². The molecule has 4 radical (unpaired) electrons. The summed E-state index contributed by atoms with van der Waals surface area (Å²) in [7, 11) is 0. The van der Waals surface area contributed by atoms with Crippen LogP contribution in [0.5, 0.6) is 0 Å². The fourth-order valence-electron chi connectivity index (χ4n) is 0.687. The third-order valence-electron chi connectivity index (χ3n) is 1.08. The third-order valence-corrected chi connectivity index (χ3v) is 1.08. The lowest BCUT2D eigenvalue weighted by Crippen LogP contribution is -2.03. The molecule has 1 nitrogen and oxygen atoms in total. The fraction of sp³-hybridized carbons (Fsp3) is 1.00. The zero-order valence-electron chi connectivity index (χ0n) is 4.44. The van der Waals surface area contributed by atoms with E-state index in [1.165, 1.54) is 19.3 Å². The lowest BCUT2D eigenvalue weighted by atomic mass is 10.2. The van der Waals surface area contributed by atoms with E-state index >= 15 is 0 Å². The summed E-state index contributed by atoms with van der Waals surface area (Å²) in [4.78, 5) is 0. The molecule has 0 aromatic rings.